The topological polar surface area (TPSA) is 38.3 Å². The fraction of sp³-hybridized carbons (Fsp3) is 0.933. The second-order valence-electron chi connectivity index (χ2n) is 5.42. The van der Waals surface area contributed by atoms with Crippen LogP contribution in [0, 0.1) is 5.92 Å². The lowest BCUT2D eigenvalue weighted by molar-refractivity contribution is -0.145. The molecule has 0 aromatic heterocycles. The number of nitrogens with one attached hydrogen (secondary N) is 1. The summed E-state index contributed by atoms with van der Waals surface area (Å²) in [4.78, 5) is 11.8. The summed E-state index contributed by atoms with van der Waals surface area (Å²) < 4.78 is 5.11. The number of hydrogen-bond donors (Lipinski definition) is 1. The molecule has 1 aliphatic rings. The number of rotatable bonds is 8. The Morgan fingerprint density at radius 1 is 1.42 bits per heavy atom. The van der Waals surface area contributed by atoms with Crippen molar-refractivity contribution >= 4 is 17.7 Å². The Morgan fingerprint density at radius 2 is 2.21 bits per heavy atom. The minimum atomic E-state index is -0.126. The van der Waals surface area contributed by atoms with Crippen molar-refractivity contribution in [1.82, 2.24) is 5.32 Å². The van der Waals surface area contributed by atoms with Gasteiger partial charge in [0.1, 0.15) is 6.04 Å². The first-order chi connectivity index (χ1) is 9.17. The third kappa shape index (κ3) is 6.66. The van der Waals surface area contributed by atoms with Gasteiger partial charge in [-0.1, -0.05) is 26.7 Å². The number of likely N-dealkylation sites (N-methyl/N-ethyl adjacent to an activating group) is 1. The van der Waals surface area contributed by atoms with Crippen molar-refractivity contribution in [2.75, 3.05) is 18.9 Å². The van der Waals surface area contributed by atoms with Gasteiger partial charge < -0.3 is 10.1 Å². The fourth-order valence-electron chi connectivity index (χ4n) is 2.67. The molecule has 0 radical (unpaired) electrons. The zero-order valence-corrected chi connectivity index (χ0v) is 13.4. The molecule has 3 atom stereocenters. The van der Waals surface area contributed by atoms with Crippen LogP contribution in [0.1, 0.15) is 52.9 Å². The van der Waals surface area contributed by atoms with Crippen molar-refractivity contribution < 1.29 is 9.53 Å². The Morgan fingerprint density at radius 3 is 2.84 bits per heavy atom. The van der Waals surface area contributed by atoms with Crippen LogP contribution in [-0.2, 0) is 9.53 Å². The van der Waals surface area contributed by atoms with Gasteiger partial charge in [0.15, 0.2) is 0 Å². The van der Waals surface area contributed by atoms with Crippen molar-refractivity contribution in [3.63, 3.8) is 0 Å². The van der Waals surface area contributed by atoms with Crippen LogP contribution >= 0.6 is 11.8 Å². The summed E-state index contributed by atoms with van der Waals surface area (Å²) in [5.41, 5.74) is 0. The fourth-order valence-corrected chi connectivity index (χ4v) is 4.18. The molecule has 1 fully saturated rings. The minimum absolute atomic E-state index is 0.0954. The van der Waals surface area contributed by atoms with Crippen LogP contribution in [0.15, 0.2) is 0 Å². The maximum absolute atomic E-state index is 11.8. The molecule has 0 saturated heterocycles. The van der Waals surface area contributed by atoms with Crippen LogP contribution in [-0.4, -0.2) is 36.2 Å². The maximum Gasteiger partial charge on any atom is 0.323 e. The second kappa shape index (κ2) is 9.65. The van der Waals surface area contributed by atoms with Crippen LogP contribution in [0.25, 0.3) is 0 Å². The lowest BCUT2D eigenvalue weighted by atomic mass is 9.91. The number of hydrogen-bond acceptors (Lipinski definition) is 4. The van der Waals surface area contributed by atoms with Crippen molar-refractivity contribution in [1.29, 1.82) is 0 Å². The summed E-state index contributed by atoms with van der Waals surface area (Å²) in [6.07, 6.45) is 6.33. The molecular weight excluding hydrogens is 258 g/mol. The van der Waals surface area contributed by atoms with E-state index in [0.29, 0.717) is 6.61 Å². The van der Waals surface area contributed by atoms with E-state index in [0.717, 1.165) is 29.9 Å². The van der Waals surface area contributed by atoms with Crippen molar-refractivity contribution in [2.45, 2.75) is 64.2 Å². The highest BCUT2D eigenvalue weighted by molar-refractivity contribution is 7.99. The first kappa shape index (κ1) is 16.8. The predicted octanol–water partition coefficient (Wildman–Crippen LogP) is 3.23. The molecule has 0 bridgehead atoms. The lowest BCUT2D eigenvalue weighted by Crippen LogP contribution is -2.38. The normalized spacial score (nSPS) is 25.0. The van der Waals surface area contributed by atoms with Crippen LogP contribution in [0.3, 0.4) is 0 Å². The van der Waals surface area contributed by atoms with Crippen LogP contribution in [0.5, 0.6) is 0 Å². The molecule has 0 aromatic carbocycles. The molecular formula is C15H29NO2S. The summed E-state index contributed by atoms with van der Waals surface area (Å²) in [7, 11) is 0. The SMILES string of the molecule is CCNC(CCSC1CCCC(C)C1)C(=O)OCC. The van der Waals surface area contributed by atoms with E-state index < -0.39 is 0 Å². The summed E-state index contributed by atoms with van der Waals surface area (Å²) in [6.45, 7) is 7.52. The zero-order chi connectivity index (χ0) is 14.1. The number of carbonyl (C=O) groups excluding carboxylic acids is 1. The van der Waals surface area contributed by atoms with E-state index >= 15 is 0 Å². The number of carbonyl (C=O) groups is 1. The van der Waals surface area contributed by atoms with Crippen LogP contribution in [0.2, 0.25) is 0 Å². The highest BCUT2D eigenvalue weighted by Crippen LogP contribution is 2.32. The monoisotopic (exact) mass is 287 g/mol. The maximum atomic E-state index is 11.8. The smallest absolute Gasteiger partial charge is 0.323 e. The van der Waals surface area contributed by atoms with Gasteiger partial charge >= 0.3 is 5.97 Å². The molecule has 0 heterocycles. The molecule has 0 spiro atoms. The second-order valence-corrected chi connectivity index (χ2v) is 6.82. The molecule has 1 saturated carbocycles. The van der Waals surface area contributed by atoms with E-state index in [1.54, 1.807) is 0 Å². The van der Waals surface area contributed by atoms with E-state index in [2.05, 4.69) is 12.2 Å². The summed E-state index contributed by atoms with van der Waals surface area (Å²) >= 11 is 2.04. The minimum Gasteiger partial charge on any atom is -0.465 e. The van der Waals surface area contributed by atoms with E-state index in [4.69, 9.17) is 4.74 Å². The van der Waals surface area contributed by atoms with E-state index in [-0.39, 0.29) is 12.0 Å². The van der Waals surface area contributed by atoms with Gasteiger partial charge in [-0.25, -0.2) is 0 Å². The highest BCUT2D eigenvalue weighted by Gasteiger charge is 2.21. The molecule has 3 nitrogen and oxygen atoms in total. The molecule has 0 amide bonds. The Labute approximate surface area is 122 Å². The van der Waals surface area contributed by atoms with E-state index in [1.165, 1.54) is 25.7 Å². The van der Waals surface area contributed by atoms with Crippen molar-refractivity contribution in [3.8, 4) is 0 Å². The summed E-state index contributed by atoms with van der Waals surface area (Å²) in [5.74, 6) is 1.83. The van der Waals surface area contributed by atoms with Gasteiger partial charge in [-0.05, 0) is 44.4 Å². The largest absolute Gasteiger partial charge is 0.465 e. The third-order valence-corrected chi connectivity index (χ3v) is 5.04. The molecule has 4 heteroatoms. The predicted molar refractivity (Wildman–Crippen MR) is 82.6 cm³/mol. The van der Waals surface area contributed by atoms with Crippen LogP contribution < -0.4 is 5.32 Å². The summed E-state index contributed by atoms with van der Waals surface area (Å²) in [6, 6.07) is -0.126. The molecule has 1 N–H and O–H groups in total. The lowest BCUT2D eigenvalue weighted by Gasteiger charge is -2.26. The van der Waals surface area contributed by atoms with Gasteiger partial charge in [-0.3, -0.25) is 4.79 Å². The summed E-state index contributed by atoms with van der Waals surface area (Å²) in [5, 5.41) is 4.03. The molecule has 1 rings (SSSR count). The van der Waals surface area contributed by atoms with E-state index in [9.17, 15) is 4.79 Å². The van der Waals surface area contributed by atoms with Crippen molar-refractivity contribution in [3.05, 3.63) is 0 Å². The van der Waals surface area contributed by atoms with Gasteiger partial charge in [-0.15, -0.1) is 0 Å². The standard InChI is InChI=1S/C15H29NO2S/c1-4-16-14(15(17)18-5-2)9-10-19-13-8-6-7-12(3)11-13/h12-14,16H,4-11H2,1-3H3. The Bertz CT molecular complexity index is 261. The third-order valence-electron chi connectivity index (χ3n) is 3.67. The molecule has 112 valence electrons. The van der Waals surface area contributed by atoms with Gasteiger partial charge in [0.05, 0.1) is 6.61 Å². The molecule has 1 aliphatic carbocycles. The number of thioether (sulfide) groups is 1. The Hall–Kier alpha value is -0.220. The van der Waals surface area contributed by atoms with E-state index in [1.807, 2.05) is 25.6 Å². The average Bonchev–Trinajstić information content (AvgIpc) is 2.38. The molecule has 19 heavy (non-hydrogen) atoms. The number of esters is 1. The Balaban J connectivity index is 2.25. The van der Waals surface area contributed by atoms with Crippen LogP contribution in [0.4, 0.5) is 0 Å². The molecule has 0 aliphatic heterocycles. The average molecular weight is 287 g/mol. The zero-order valence-electron chi connectivity index (χ0n) is 12.6. The van der Waals surface area contributed by atoms with Gasteiger partial charge in [0.25, 0.3) is 0 Å². The van der Waals surface area contributed by atoms with Gasteiger partial charge in [0, 0.05) is 5.25 Å². The first-order valence-electron chi connectivity index (χ1n) is 7.69. The molecule has 0 aromatic rings. The quantitative estimate of drug-likeness (QED) is 0.696. The highest BCUT2D eigenvalue weighted by atomic mass is 32.2. The Kier molecular flexibility index (Phi) is 8.55. The van der Waals surface area contributed by atoms with Gasteiger partial charge in [-0.2, -0.15) is 11.8 Å². The number of ether oxygens (including phenoxy) is 1. The first-order valence-corrected chi connectivity index (χ1v) is 8.73. The molecule has 3 unspecified atom stereocenters. The van der Waals surface area contributed by atoms with Crippen molar-refractivity contribution in [2.24, 2.45) is 5.92 Å². The van der Waals surface area contributed by atoms with Gasteiger partial charge in [0.2, 0.25) is 0 Å².